The molecule has 0 radical (unpaired) electrons. The van der Waals surface area contributed by atoms with Gasteiger partial charge in [0.1, 0.15) is 40.4 Å². The summed E-state index contributed by atoms with van der Waals surface area (Å²) < 4.78 is 16.4. The zero-order chi connectivity index (χ0) is 24.0. The maximum absolute atomic E-state index is 5.48. The molecule has 174 valence electrons. The smallest absolute Gasteiger partial charge is 0.119 e. The van der Waals surface area contributed by atoms with Crippen molar-refractivity contribution in [2.24, 2.45) is 0 Å². The molecule has 4 heteroatoms. The third-order valence-electron chi connectivity index (χ3n) is 6.39. The Morgan fingerprint density at radius 1 is 0.471 bits per heavy atom. The van der Waals surface area contributed by atoms with E-state index in [1.54, 1.807) is 21.3 Å². The standard InChI is InChI=1S/C30H32O3P/c1-5-23-6-8-24(9-7-23)22-34(28-16-10-25(31-2)11-17-28,29-18-12-26(32-3)13-19-29)30-20-14-27(33-4)15-21-30/h6-21H,5,22H2,1-4H3/q+1. The average molecular weight is 472 g/mol. The van der Waals surface area contributed by atoms with Gasteiger partial charge >= 0.3 is 0 Å². The van der Waals surface area contributed by atoms with Gasteiger partial charge in [-0.3, -0.25) is 0 Å². The third kappa shape index (κ3) is 4.81. The minimum absolute atomic E-state index is 0.860. The number of hydrogen-bond donors (Lipinski definition) is 0. The molecule has 4 aromatic carbocycles. The van der Waals surface area contributed by atoms with Crippen LogP contribution >= 0.6 is 7.26 Å². The van der Waals surface area contributed by atoms with E-state index < -0.39 is 7.26 Å². The van der Waals surface area contributed by atoms with Gasteiger partial charge < -0.3 is 14.2 Å². The molecule has 0 amide bonds. The lowest BCUT2D eigenvalue weighted by atomic mass is 10.1. The van der Waals surface area contributed by atoms with Gasteiger partial charge in [-0.1, -0.05) is 31.2 Å². The highest BCUT2D eigenvalue weighted by atomic mass is 31.2. The molecule has 0 N–H and O–H groups in total. The molecule has 0 saturated heterocycles. The Morgan fingerprint density at radius 2 is 0.794 bits per heavy atom. The van der Waals surface area contributed by atoms with Gasteiger partial charge in [0.15, 0.2) is 0 Å². The van der Waals surface area contributed by atoms with Crippen molar-refractivity contribution in [2.75, 3.05) is 21.3 Å². The Kier molecular flexibility index (Phi) is 7.55. The van der Waals surface area contributed by atoms with Crippen LogP contribution in [0, 0.1) is 0 Å². The van der Waals surface area contributed by atoms with Crippen molar-refractivity contribution in [1.29, 1.82) is 0 Å². The molecular formula is C30H32O3P+. The molecule has 0 aliphatic heterocycles. The first-order valence-electron chi connectivity index (χ1n) is 11.5. The summed E-state index contributed by atoms with van der Waals surface area (Å²) in [6.07, 6.45) is 1.96. The molecule has 0 atom stereocenters. The van der Waals surface area contributed by atoms with Crippen LogP contribution in [-0.4, -0.2) is 21.3 Å². The highest BCUT2D eigenvalue weighted by Crippen LogP contribution is 2.58. The van der Waals surface area contributed by atoms with Crippen molar-refractivity contribution in [2.45, 2.75) is 19.5 Å². The number of rotatable bonds is 9. The lowest BCUT2D eigenvalue weighted by Gasteiger charge is -2.28. The van der Waals surface area contributed by atoms with E-state index >= 15 is 0 Å². The van der Waals surface area contributed by atoms with Crippen molar-refractivity contribution in [1.82, 2.24) is 0 Å². The molecule has 0 saturated carbocycles. The zero-order valence-electron chi connectivity index (χ0n) is 20.3. The minimum Gasteiger partial charge on any atom is -0.497 e. The Bertz CT molecular complexity index is 1070. The number of benzene rings is 4. The first kappa shape index (κ1) is 23.9. The quantitative estimate of drug-likeness (QED) is 0.290. The maximum atomic E-state index is 5.48. The second-order valence-corrected chi connectivity index (χ2v) is 11.7. The first-order valence-corrected chi connectivity index (χ1v) is 13.5. The molecule has 0 aliphatic carbocycles. The fourth-order valence-electron chi connectivity index (χ4n) is 4.39. The third-order valence-corrected chi connectivity index (χ3v) is 10.8. The summed E-state index contributed by atoms with van der Waals surface area (Å²) in [6, 6.07) is 34.8. The summed E-state index contributed by atoms with van der Waals surface area (Å²) in [7, 11) is 3.07. The topological polar surface area (TPSA) is 27.7 Å². The fraction of sp³-hybridized carbons (Fsp3) is 0.200. The number of ether oxygens (including phenoxy) is 3. The molecular weight excluding hydrogens is 439 g/mol. The molecule has 4 aromatic rings. The summed E-state index contributed by atoms with van der Waals surface area (Å²) in [5.74, 6) is 2.58. The van der Waals surface area contributed by atoms with Gasteiger partial charge in [-0.2, -0.15) is 0 Å². The summed E-state index contributed by atoms with van der Waals surface area (Å²) in [6.45, 7) is 2.19. The van der Waals surface area contributed by atoms with Crippen LogP contribution < -0.4 is 30.1 Å². The van der Waals surface area contributed by atoms with E-state index in [9.17, 15) is 0 Å². The van der Waals surface area contributed by atoms with Gasteiger partial charge in [0.2, 0.25) is 0 Å². The van der Waals surface area contributed by atoms with E-state index in [0.29, 0.717) is 0 Å². The lowest BCUT2D eigenvalue weighted by molar-refractivity contribution is 0.415. The van der Waals surface area contributed by atoms with E-state index in [4.69, 9.17) is 14.2 Å². The SMILES string of the molecule is CCc1ccc(C[P+](c2ccc(OC)cc2)(c2ccc(OC)cc2)c2ccc(OC)cc2)cc1. The lowest BCUT2D eigenvalue weighted by Crippen LogP contribution is -2.32. The zero-order valence-corrected chi connectivity index (χ0v) is 21.2. The first-order chi connectivity index (χ1) is 16.6. The van der Waals surface area contributed by atoms with Gasteiger partial charge in [-0.15, -0.1) is 0 Å². The van der Waals surface area contributed by atoms with Crippen molar-refractivity contribution >= 4 is 23.2 Å². The fourth-order valence-corrected chi connectivity index (χ4v) is 8.56. The van der Waals surface area contributed by atoms with E-state index in [0.717, 1.165) is 29.8 Å². The summed E-state index contributed by atoms with van der Waals surface area (Å²) in [5, 5.41) is 3.93. The van der Waals surface area contributed by atoms with Crippen LogP contribution in [0.5, 0.6) is 17.2 Å². The Balaban J connectivity index is 1.96. The van der Waals surface area contributed by atoms with Gasteiger partial charge in [0.05, 0.1) is 27.5 Å². The van der Waals surface area contributed by atoms with Crippen LogP contribution in [0.25, 0.3) is 0 Å². The predicted molar refractivity (Wildman–Crippen MR) is 144 cm³/mol. The molecule has 0 bridgehead atoms. The molecule has 34 heavy (non-hydrogen) atoms. The number of methoxy groups -OCH3 is 3. The largest absolute Gasteiger partial charge is 0.497 e. The summed E-state index contributed by atoms with van der Waals surface area (Å²) >= 11 is 0. The van der Waals surface area contributed by atoms with Crippen molar-refractivity contribution < 1.29 is 14.2 Å². The monoisotopic (exact) mass is 471 g/mol. The second kappa shape index (κ2) is 10.8. The molecule has 3 nitrogen and oxygen atoms in total. The summed E-state index contributed by atoms with van der Waals surface area (Å²) in [5.41, 5.74) is 2.68. The van der Waals surface area contributed by atoms with Crippen LogP contribution in [0.1, 0.15) is 18.1 Å². The molecule has 0 spiro atoms. The van der Waals surface area contributed by atoms with Crippen molar-refractivity contribution in [3.8, 4) is 17.2 Å². The molecule has 0 unspecified atom stereocenters. The Labute approximate surface area is 203 Å². The molecule has 0 heterocycles. The minimum atomic E-state index is -2.06. The number of hydrogen-bond acceptors (Lipinski definition) is 3. The Hall–Kier alpha value is -3.29. The molecule has 4 rings (SSSR count). The van der Waals surface area contributed by atoms with Gasteiger partial charge in [-0.25, -0.2) is 0 Å². The highest BCUT2D eigenvalue weighted by Gasteiger charge is 2.45. The normalized spacial score (nSPS) is 11.2. The van der Waals surface area contributed by atoms with Gasteiger partial charge in [0, 0.05) is 0 Å². The van der Waals surface area contributed by atoms with Gasteiger partial charge in [0.25, 0.3) is 0 Å². The van der Waals surface area contributed by atoms with E-state index in [1.807, 2.05) is 0 Å². The van der Waals surface area contributed by atoms with Crippen LogP contribution in [0.2, 0.25) is 0 Å². The van der Waals surface area contributed by atoms with Crippen molar-refractivity contribution in [3.05, 3.63) is 108 Å². The second-order valence-electron chi connectivity index (χ2n) is 8.23. The van der Waals surface area contributed by atoms with Crippen LogP contribution in [0.3, 0.4) is 0 Å². The molecule has 0 aromatic heterocycles. The predicted octanol–water partition coefficient (Wildman–Crippen LogP) is 5.77. The van der Waals surface area contributed by atoms with Crippen LogP contribution in [-0.2, 0) is 12.6 Å². The summed E-state index contributed by atoms with van der Waals surface area (Å²) in [4.78, 5) is 0. The van der Waals surface area contributed by atoms with Crippen molar-refractivity contribution in [3.63, 3.8) is 0 Å². The number of aryl methyl sites for hydroxylation is 1. The Morgan fingerprint density at radius 3 is 1.09 bits per heavy atom. The molecule has 0 aliphatic rings. The van der Waals surface area contributed by atoms with E-state index in [-0.39, 0.29) is 0 Å². The molecule has 0 fully saturated rings. The highest BCUT2D eigenvalue weighted by molar-refractivity contribution is 7.95. The van der Waals surface area contributed by atoms with E-state index in [2.05, 4.69) is 104 Å². The van der Waals surface area contributed by atoms with E-state index in [1.165, 1.54) is 27.0 Å². The average Bonchev–Trinajstić information content (AvgIpc) is 2.92. The van der Waals surface area contributed by atoms with Gasteiger partial charge in [-0.05, 0) is 90.3 Å². The van der Waals surface area contributed by atoms with Crippen LogP contribution in [0.15, 0.2) is 97.1 Å². The van der Waals surface area contributed by atoms with Crippen LogP contribution in [0.4, 0.5) is 0 Å². The maximum Gasteiger partial charge on any atom is 0.119 e.